The van der Waals surface area contributed by atoms with Gasteiger partial charge in [0, 0.05) is 19.8 Å². The molecular weight excluding hydrogens is 342 g/mol. The normalized spacial score (nSPS) is 30.8. The van der Waals surface area contributed by atoms with Crippen LogP contribution >= 0.6 is 0 Å². The Morgan fingerprint density at radius 1 is 1.04 bits per heavy atom. The molecule has 0 amide bonds. The van der Waals surface area contributed by atoms with Gasteiger partial charge in [0.2, 0.25) is 0 Å². The van der Waals surface area contributed by atoms with Crippen LogP contribution in [0.15, 0.2) is 48.5 Å². The molecule has 0 heterocycles. The maximum absolute atomic E-state index is 9.88. The molecular formula is C26H31NO. The highest BCUT2D eigenvalue weighted by Gasteiger charge is 2.51. The molecule has 2 aromatic carbocycles. The second-order valence-corrected chi connectivity index (χ2v) is 9.55. The molecule has 2 aromatic rings. The van der Waals surface area contributed by atoms with Gasteiger partial charge in [-0.1, -0.05) is 31.2 Å². The number of allylic oxidation sites excluding steroid dienone is 2. The number of nitrogens with zero attached hydrogens (tertiary/aromatic N) is 1. The summed E-state index contributed by atoms with van der Waals surface area (Å²) < 4.78 is 0. The molecule has 0 radical (unpaired) electrons. The Bertz CT molecular complexity index is 926. The summed E-state index contributed by atoms with van der Waals surface area (Å²) in [6.07, 6.45) is 8.68. The van der Waals surface area contributed by atoms with Gasteiger partial charge in [-0.15, -0.1) is 0 Å². The van der Waals surface area contributed by atoms with Crippen LogP contribution in [0.25, 0.3) is 5.57 Å². The third-order valence-corrected chi connectivity index (χ3v) is 7.99. The zero-order valence-corrected chi connectivity index (χ0v) is 17.3. The number of fused-ring (bicyclic) bond motifs is 5. The van der Waals surface area contributed by atoms with E-state index in [0.29, 0.717) is 17.1 Å². The largest absolute Gasteiger partial charge is 0.508 e. The lowest BCUT2D eigenvalue weighted by atomic mass is 9.54. The molecule has 0 aliphatic heterocycles. The van der Waals surface area contributed by atoms with Crippen LogP contribution in [0.1, 0.15) is 55.2 Å². The number of aryl methyl sites for hydroxylation is 1. The second kappa shape index (κ2) is 6.40. The van der Waals surface area contributed by atoms with Crippen LogP contribution in [0.3, 0.4) is 0 Å². The summed E-state index contributed by atoms with van der Waals surface area (Å²) in [4.78, 5) is 2.17. The van der Waals surface area contributed by atoms with Crippen molar-refractivity contribution < 1.29 is 5.11 Å². The number of aromatic hydroxyl groups is 1. The zero-order chi connectivity index (χ0) is 19.5. The van der Waals surface area contributed by atoms with Gasteiger partial charge in [0.25, 0.3) is 0 Å². The molecule has 0 unspecified atom stereocenters. The molecule has 1 saturated carbocycles. The van der Waals surface area contributed by atoms with E-state index in [9.17, 15) is 5.11 Å². The fourth-order valence-corrected chi connectivity index (χ4v) is 6.52. The van der Waals surface area contributed by atoms with E-state index in [1.54, 1.807) is 5.57 Å². The molecule has 3 aliphatic rings. The molecule has 28 heavy (non-hydrogen) atoms. The Hall–Kier alpha value is -2.22. The molecule has 0 aromatic heterocycles. The van der Waals surface area contributed by atoms with Gasteiger partial charge in [-0.25, -0.2) is 0 Å². The first-order chi connectivity index (χ1) is 13.5. The summed E-state index contributed by atoms with van der Waals surface area (Å²) in [5.41, 5.74) is 7.46. The Morgan fingerprint density at radius 2 is 1.82 bits per heavy atom. The lowest BCUT2D eigenvalue weighted by Crippen LogP contribution is -2.40. The van der Waals surface area contributed by atoms with E-state index in [-0.39, 0.29) is 0 Å². The van der Waals surface area contributed by atoms with Crippen LogP contribution < -0.4 is 4.90 Å². The summed E-state index contributed by atoms with van der Waals surface area (Å²) in [6, 6.07) is 15.2. The molecule has 0 saturated heterocycles. The van der Waals surface area contributed by atoms with Crippen molar-refractivity contribution >= 4 is 11.3 Å². The van der Waals surface area contributed by atoms with Crippen LogP contribution in [0.4, 0.5) is 5.69 Å². The van der Waals surface area contributed by atoms with Gasteiger partial charge in [-0.3, -0.25) is 0 Å². The van der Waals surface area contributed by atoms with Crippen molar-refractivity contribution in [3.05, 3.63) is 65.2 Å². The van der Waals surface area contributed by atoms with Crippen molar-refractivity contribution in [3.63, 3.8) is 0 Å². The van der Waals surface area contributed by atoms with Crippen molar-refractivity contribution in [1.29, 1.82) is 0 Å². The first-order valence-electron chi connectivity index (χ1n) is 10.8. The lowest BCUT2D eigenvalue weighted by molar-refractivity contribution is 0.0885. The third kappa shape index (κ3) is 2.61. The predicted molar refractivity (Wildman–Crippen MR) is 117 cm³/mol. The molecule has 146 valence electrons. The average Bonchev–Trinajstić information content (AvgIpc) is 3.04. The Kier molecular flexibility index (Phi) is 4.08. The van der Waals surface area contributed by atoms with Gasteiger partial charge in [0.1, 0.15) is 5.75 Å². The van der Waals surface area contributed by atoms with Crippen molar-refractivity contribution in [2.75, 3.05) is 19.0 Å². The average molecular weight is 374 g/mol. The number of phenols is 1. The summed E-state index contributed by atoms with van der Waals surface area (Å²) >= 11 is 0. The van der Waals surface area contributed by atoms with Crippen molar-refractivity contribution in [3.8, 4) is 5.75 Å². The first kappa shape index (κ1) is 17.8. The number of benzene rings is 2. The molecule has 0 spiro atoms. The minimum atomic E-state index is 0.301. The van der Waals surface area contributed by atoms with Crippen LogP contribution in [0.5, 0.6) is 5.75 Å². The van der Waals surface area contributed by atoms with Crippen molar-refractivity contribution in [1.82, 2.24) is 0 Å². The Balaban J connectivity index is 1.44. The number of hydrogen-bond acceptors (Lipinski definition) is 2. The SMILES string of the molecule is CN(C)c1ccc(C2=CC[C@H]3[C@@H]4CCc5cc(O)ccc5[C@H]4CC[C@]23C)cc1. The minimum absolute atomic E-state index is 0.301. The second-order valence-electron chi connectivity index (χ2n) is 9.55. The molecule has 1 N–H and O–H groups in total. The van der Waals surface area contributed by atoms with Crippen LogP contribution in [0, 0.1) is 17.3 Å². The summed E-state index contributed by atoms with van der Waals surface area (Å²) in [7, 11) is 4.20. The van der Waals surface area contributed by atoms with E-state index in [1.807, 2.05) is 12.1 Å². The number of rotatable bonds is 2. The molecule has 0 bridgehead atoms. The van der Waals surface area contributed by atoms with Crippen LogP contribution in [0.2, 0.25) is 0 Å². The van der Waals surface area contributed by atoms with E-state index >= 15 is 0 Å². The quantitative estimate of drug-likeness (QED) is 0.697. The van der Waals surface area contributed by atoms with Gasteiger partial charge in [0.15, 0.2) is 0 Å². The maximum atomic E-state index is 9.88. The molecule has 4 atom stereocenters. The van der Waals surface area contributed by atoms with E-state index in [2.05, 4.69) is 62.3 Å². The molecule has 3 aliphatic carbocycles. The van der Waals surface area contributed by atoms with Gasteiger partial charge in [-0.05, 0) is 102 Å². The van der Waals surface area contributed by atoms with Gasteiger partial charge < -0.3 is 10.0 Å². The highest BCUT2D eigenvalue weighted by atomic mass is 16.3. The lowest BCUT2D eigenvalue weighted by Gasteiger charge is -2.50. The first-order valence-corrected chi connectivity index (χ1v) is 10.8. The van der Waals surface area contributed by atoms with Gasteiger partial charge >= 0.3 is 0 Å². The Morgan fingerprint density at radius 3 is 2.57 bits per heavy atom. The fraction of sp³-hybridized carbons (Fsp3) is 0.462. The third-order valence-electron chi connectivity index (χ3n) is 7.99. The molecule has 2 heteroatoms. The molecule has 5 rings (SSSR count). The van der Waals surface area contributed by atoms with Crippen molar-refractivity contribution in [2.24, 2.45) is 17.3 Å². The maximum Gasteiger partial charge on any atom is 0.115 e. The molecule has 2 nitrogen and oxygen atoms in total. The highest BCUT2D eigenvalue weighted by molar-refractivity contribution is 5.74. The molecule has 1 fully saturated rings. The monoisotopic (exact) mass is 373 g/mol. The summed E-state index contributed by atoms with van der Waals surface area (Å²) in [5.74, 6) is 2.61. The summed E-state index contributed by atoms with van der Waals surface area (Å²) in [6.45, 7) is 2.53. The zero-order valence-electron chi connectivity index (χ0n) is 17.3. The Labute approximate surface area is 168 Å². The van der Waals surface area contributed by atoms with Gasteiger partial charge in [-0.2, -0.15) is 0 Å². The number of anilines is 1. The minimum Gasteiger partial charge on any atom is -0.508 e. The smallest absolute Gasteiger partial charge is 0.115 e. The number of hydrogen-bond donors (Lipinski definition) is 1. The fourth-order valence-electron chi connectivity index (χ4n) is 6.52. The highest BCUT2D eigenvalue weighted by Crippen LogP contribution is 2.63. The summed E-state index contributed by atoms with van der Waals surface area (Å²) in [5, 5.41) is 9.88. The van der Waals surface area contributed by atoms with E-state index in [0.717, 1.165) is 18.3 Å². The van der Waals surface area contributed by atoms with Gasteiger partial charge in [0.05, 0.1) is 0 Å². The van der Waals surface area contributed by atoms with Crippen LogP contribution in [-0.4, -0.2) is 19.2 Å². The van der Waals surface area contributed by atoms with Crippen molar-refractivity contribution in [2.45, 2.75) is 44.9 Å². The predicted octanol–water partition coefficient (Wildman–Crippen LogP) is 6.01. The van der Waals surface area contributed by atoms with Crippen LogP contribution in [-0.2, 0) is 6.42 Å². The number of phenolic OH excluding ortho intramolecular Hbond substituents is 1. The standard InChI is InChI=1S/C26H31NO/c1-26-15-14-22-21-11-9-20(28)16-18(21)6-10-23(22)25(26)13-12-24(26)17-4-7-19(8-5-17)27(2)3/h4-5,7-9,11-12,16,22-23,25,28H,6,10,13-15H2,1-3H3/t22-,23-,25+,26-/m1/s1. The topological polar surface area (TPSA) is 23.5 Å². The van der Waals surface area contributed by atoms with E-state index in [1.165, 1.54) is 48.1 Å². The van der Waals surface area contributed by atoms with E-state index < -0.39 is 0 Å². The van der Waals surface area contributed by atoms with E-state index in [4.69, 9.17) is 0 Å².